The van der Waals surface area contributed by atoms with Gasteiger partial charge in [-0.05, 0) is 44.5 Å². The van der Waals surface area contributed by atoms with Crippen molar-refractivity contribution in [3.63, 3.8) is 0 Å². The fraction of sp³-hybridized carbons (Fsp3) is 0.400. The summed E-state index contributed by atoms with van der Waals surface area (Å²) in [6.45, 7) is 6.72. The molecule has 0 bridgehead atoms. The normalized spacial score (nSPS) is 12.4. The fourth-order valence-corrected chi connectivity index (χ4v) is 2.54. The van der Waals surface area contributed by atoms with E-state index in [1.807, 2.05) is 38.1 Å². The highest BCUT2D eigenvalue weighted by molar-refractivity contribution is 5.90. The van der Waals surface area contributed by atoms with E-state index in [1.165, 1.54) is 7.11 Å². The number of benzene rings is 1. The second-order valence-electron chi connectivity index (χ2n) is 6.23. The van der Waals surface area contributed by atoms with Gasteiger partial charge in [0.2, 0.25) is 0 Å². The number of rotatable bonds is 7. The molecular weight excluding hydrogens is 346 g/mol. The number of carbonyl (C=O) groups is 1. The van der Waals surface area contributed by atoms with Gasteiger partial charge in [-0.15, -0.1) is 0 Å². The third kappa shape index (κ3) is 6.06. The average molecular weight is 373 g/mol. The first-order valence-electron chi connectivity index (χ1n) is 8.78. The highest BCUT2D eigenvalue weighted by Gasteiger charge is 2.15. The number of hydrogen-bond donors (Lipinski definition) is 2. The molecule has 27 heavy (non-hydrogen) atoms. The summed E-state index contributed by atoms with van der Waals surface area (Å²) in [4.78, 5) is 15.8. The second-order valence-corrected chi connectivity index (χ2v) is 6.23. The smallest absolute Gasteiger partial charge is 0.341 e. The molecule has 146 valence electrons. The first-order chi connectivity index (χ1) is 12.9. The van der Waals surface area contributed by atoms with Gasteiger partial charge >= 0.3 is 5.97 Å². The molecule has 7 heteroatoms. The van der Waals surface area contributed by atoms with E-state index >= 15 is 0 Å². The molecule has 1 aromatic carbocycles. The van der Waals surface area contributed by atoms with Gasteiger partial charge in [-0.25, -0.2) is 4.79 Å². The van der Waals surface area contributed by atoms with E-state index in [0.29, 0.717) is 36.1 Å². The van der Waals surface area contributed by atoms with E-state index in [9.17, 15) is 4.79 Å². The average Bonchev–Trinajstić information content (AvgIpc) is 3.02. The molecule has 1 unspecified atom stereocenters. The van der Waals surface area contributed by atoms with Crippen LogP contribution in [0.1, 0.15) is 34.4 Å². The van der Waals surface area contributed by atoms with Crippen molar-refractivity contribution in [3.05, 3.63) is 53.0 Å². The summed E-state index contributed by atoms with van der Waals surface area (Å²) < 4.78 is 16.2. The lowest BCUT2D eigenvalue weighted by Gasteiger charge is -2.17. The van der Waals surface area contributed by atoms with Crippen molar-refractivity contribution in [2.75, 3.05) is 20.7 Å². The summed E-state index contributed by atoms with van der Waals surface area (Å²) in [5.74, 6) is 2.20. The van der Waals surface area contributed by atoms with Gasteiger partial charge < -0.3 is 24.5 Å². The predicted molar refractivity (Wildman–Crippen MR) is 104 cm³/mol. The van der Waals surface area contributed by atoms with Gasteiger partial charge in [0.25, 0.3) is 0 Å². The molecule has 7 nitrogen and oxygen atoms in total. The van der Waals surface area contributed by atoms with E-state index in [0.717, 1.165) is 11.3 Å². The Balaban J connectivity index is 1.83. The molecule has 1 atom stereocenters. The Labute approximate surface area is 159 Å². The monoisotopic (exact) mass is 373 g/mol. The third-order valence-electron chi connectivity index (χ3n) is 3.91. The summed E-state index contributed by atoms with van der Waals surface area (Å²) in [7, 11) is 3.03. The van der Waals surface area contributed by atoms with Crippen LogP contribution in [0, 0.1) is 13.8 Å². The lowest BCUT2D eigenvalue weighted by molar-refractivity contribution is 0.0599. The number of guanidine groups is 1. The molecule has 2 aromatic rings. The van der Waals surface area contributed by atoms with E-state index in [-0.39, 0.29) is 6.10 Å². The first kappa shape index (κ1) is 20.4. The highest BCUT2D eigenvalue weighted by Crippen LogP contribution is 2.16. The maximum absolute atomic E-state index is 11.6. The zero-order valence-electron chi connectivity index (χ0n) is 16.5. The summed E-state index contributed by atoms with van der Waals surface area (Å²) in [6, 6.07) is 9.62. The standard InChI is InChI=1S/C20H27N3O4/c1-13-7-6-8-16(9-13)26-14(2)11-22-20(21-4)23-12-17-10-18(15(3)27-17)19(24)25-5/h6-10,14H,11-12H2,1-5H3,(H2,21,22,23). The minimum Gasteiger partial charge on any atom is -0.489 e. The molecule has 2 rings (SSSR count). The zero-order valence-corrected chi connectivity index (χ0v) is 16.5. The molecule has 0 saturated carbocycles. The van der Waals surface area contributed by atoms with Crippen LogP contribution >= 0.6 is 0 Å². The molecular formula is C20H27N3O4. The van der Waals surface area contributed by atoms with Crippen LogP contribution in [-0.4, -0.2) is 38.7 Å². The quantitative estimate of drug-likeness (QED) is 0.441. The summed E-state index contributed by atoms with van der Waals surface area (Å²) in [6.07, 6.45) is -0.0397. The summed E-state index contributed by atoms with van der Waals surface area (Å²) >= 11 is 0. The molecule has 0 aliphatic rings. The van der Waals surface area contributed by atoms with Crippen LogP contribution in [0.3, 0.4) is 0 Å². The van der Waals surface area contributed by atoms with Gasteiger partial charge in [0.05, 0.1) is 20.2 Å². The van der Waals surface area contributed by atoms with Crippen molar-refractivity contribution in [1.29, 1.82) is 0 Å². The van der Waals surface area contributed by atoms with Crippen molar-refractivity contribution in [3.8, 4) is 5.75 Å². The van der Waals surface area contributed by atoms with Crippen LogP contribution in [0.4, 0.5) is 0 Å². The number of methoxy groups -OCH3 is 1. The van der Waals surface area contributed by atoms with Gasteiger partial charge in [-0.3, -0.25) is 4.99 Å². The van der Waals surface area contributed by atoms with Gasteiger partial charge in [0, 0.05) is 7.05 Å². The molecule has 0 saturated heterocycles. The topological polar surface area (TPSA) is 85.1 Å². The Kier molecular flexibility index (Phi) is 7.28. The van der Waals surface area contributed by atoms with Crippen molar-refractivity contribution in [2.24, 2.45) is 4.99 Å². The maximum Gasteiger partial charge on any atom is 0.341 e. The number of hydrogen-bond acceptors (Lipinski definition) is 5. The SMILES string of the molecule is CN=C(NCc1cc(C(=O)OC)c(C)o1)NCC(C)Oc1cccc(C)c1. The molecule has 0 fully saturated rings. The van der Waals surface area contributed by atoms with Crippen LogP contribution in [0.5, 0.6) is 5.75 Å². The second kappa shape index (κ2) is 9.66. The number of aliphatic imine (C=N–C) groups is 1. The maximum atomic E-state index is 11.6. The molecule has 0 radical (unpaired) electrons. The van der Waals surface area contributed by atoms with Gasteiger partial charge in [-0.1, -0.05) is 12.1 Å². The number of carbonyl (C=O) groups excluding carboxylic acids is 1. The van der Waals surface area contributed by atoms with E-state index in [2.05, 4.69) is 15.6 Å². The minimum absolute atomic E-state index is 0.0397. The van der Waals surface area contributed by atoms with E-state index < -0.39 is 5.97 Å². The van der Waals surface area contributed by atoms with Crippen molar-refractivity contribution >= 4 is 11.9 Å². The number of ether oxygens (including phenoxy) is 2. The zero-order chi connectivity index (χ0) is 19.8. The van der Waals surface area contributed by atoms with E-state index in [4.69, 9.17) is 13.9 Å². The summed E-state index contributed by atoms with van der Waals surface area (Å²) in [5, 5.41) is 6.36. The number of esters is 1. The third-order valence-corrected chi connectivity index (χ3v) is 3.91. The molecule has 0 amide bonds. The van der Waals surface area contributed by atoms with Crippen LogP contribution in [0.25, 0.3) is 0 Å². The molecule has 1 heterocycles. The molecule has 1 aromatic heterocycles. The van der Waals surface area contributed by atoms with Gasteiger partial charge in [0.15, 0.2) is 5.96 Å². The molecule has 0 aliphatic carbocycles. The Morgan fingerprint density at radius 1 is 1.26 bits per heavy atom. The van der Waals surface area contributed by atoms with Crippen LogP contribution < -0.4 is 15.4 Å². The Morgan fingerprint density at radius 2 is 2.04 bits per heavy atom. The lowest BCUT2D eigenvalue weighted by Crippen LogP contribution is -2.41. The molecule has 0 spiro atoms. The largest absolute Gasteiger partial charge is 0.489 e. The van der Waals surface area contributed by atoms with Crippen LogP contribution in [0.2, 0.25) is 0 Å². The Morgan fingerprint density at radius 3 is 2.70 bits per heavy atom. The van der Waals surface area contributed by atoms with Gasteiger partial charge in [0.1, 0.15) is 28.9 Å². The van der Waals surface area contributed by atoms with Crippen molar-refractivity contribution < 1.29 is 18.7 Å². The lowest BCUT2D eigenvalue weighted by atomic mass is 10.2. The molecule has 2 N–H and O–H groups in total. The minimum atomic E-state index is -0.410. The van der Waals surface area contributed by atoms with Crippen molar-refractivity contribution in [1.82, 2.24) is 10.6 Å². The number of nitrogens with one attached hydrogen (secondary N) is 2. The predicted octanol–water partition coefficient (Wildman–Crippen LogP) is 2.82. The highest BCUT2D eigenvalue weighted by atomic mass is 16.5. The van der Waals surface area contributed by atoms with E-state index in [1.54, 1.807) is 20.0 Å². The Bertz CT molecular complexity index is 798. The fourth-order valence-electron chi connectivity index (χ4n) is 2.54. The van der Waals surface area contributed by atoms with Crippen LogP contribution in [-0.2, 0) is 11.3 Å². The Hall–Kier alpha value is -2.96. The number of nitrogens with zero attached hydrogens (tertiary/aromatic N) is 1. The number of furan rings is 1. The first-order valence-corrected chi connectivity index (χ1v) is 8.78. The van der Waals surface area contributed by atoms with Gasteiger partial charge in [-0.2, -0.15) is 0 Å². The molecule has 0 aliphatic heterocycles. The number of aryl methyl sites for hydroxylation is 2. The summed E-state index contributed by atoms with van der Waals surface area (Å²) in [5.41, 5.74) is 1.59. The van der Waals surface area contributed by atoms with Crippen molar-refractivity contribution in [2.45, 2.75) is 33.4 Å². The van der Waals surface area contributed by atoms with Crippen LogP contribution in [0.15, 0.2) is 39.7 Å².